The van der Waals surface area contributed by atoms with E-state index in [1.165, 1.54) is 0 Å². The zero-order valence-corrected chi connectivity index (χ0v) is 13.3. The van der Waals surface area contributed by atoms with E-state index in [1.807, 2.05) is 24.3 Å². The molecule has 0 spiro atoms. The van der Waals surface area contributed by atoms with Gasteiger partial charge in [0.25, 0.3) is 0 Å². The second-order valence-corrected chi connectivity index (χ2v) is 6.43. The van der Waals surface area contributed by atoms with Gasteiger partial charge in [-0.1, -0.05) is 28.9 Å². The minimum atomic E-state index is -0.547. The summed E-state index contributed by atoms with van der Waals surface area (Å²) in [7, 11) is 0. The Hall–Kier alpha value is -0.620. The average Bonchev–Trinajstić information content (AvgIpc) is 2.41. The normalized spacial score (nSPS) is 25.4. The molecule has 3 unspecified atom stereocenters. The Labute approximate surface area is 128 Å². The minimum absolute atomic E-state index is 0.263. The number of aliphatic hydroxyl groups excluding tert-OH is 2. The molecular formula is C15H22BrNO3. The molecule has 1 aliphatic heterocycles. The second-order valence-electron chi connectivity index (χ2n) is 5.52. The van der Waals surface area contributed by atoms with E-state index in [1.54, 1.807) is 0 Å². The molecule has 1 aliphatic rings. The number of ether oxygens (including phenoxy) is 1. The highest BCUT2D eigenvalue weighted by molar-refractivity contribution is 9.10. The number of nitrogens with zero attached hydrogens (tertiary/aromatic N) is 1. The van der Waals surface area contributed by atoms with Crippen molar-refractivity contribution in [2.75, 3.05) is 26.2 Å². The van der Waals surface area contributed by atoms with Crippen LogP contribution >= 0.6 is 15.9 Å². The smallest absolute Gasteiger partial charge is 0.120 e. The summed E-state index contributed by atoms with van der Waals surface area (Å²) in [6.07, 6.45) is 0.136. The van der Waals surface area contributed by atoms with Crippen LogP contribution in [0.15, 0.2) is 28.7 Å². The number of piperidine rings is 1. The molecule has 20 heavy (non-hydrogen) atoms. The molecule has 0 radical (unpaired) electrons. The van der Waals surface area contributed by atoms with Crippen molar-refractivity contribution in [3.05, 3.63) is 28.7 Å². The van der Waals surface area contributed by atoms with Gasteiger partial charge in [0.1, 0.15) is 18.5 Å². The van der Waals surface area contributed by atoms with Crippen molar-refractivity contribution in [2.45, 2.75) is 25.6 Å². The predicted octanol–water partition coefficient (Wildman–Crippen LogP) is 1.89. The zero-order valence-electron chi connectivity index (χ0n) is 11.7. The van der Waals surface area contributed by atoms with E-state index in [4.69, 9.17) is 4.74 Å². The Morgan fingerprint density at radius 2 is 2.30 bits per heavy atom. The van der Waals surface area contributed by atoms with E-state index < -0.39 is 6.10 Å². The van der Waals surface area contributed by atoms with Crippen molar-refractivity contribution in [2.24, 2.45) is 5.92 Å². The van der Waals surface area contributed by atoms with Crippen LogP contribution in [0, 0.1) is 5.92 Å². The van der Waals surface area contributed by atoms with Gasteiger partial charge >= 0.3 is 0 Å². The van der Waals surface area contributed by atoms with Gasteiger partial charge in [0.15, 0.2) is 0 Å². The molecule has 1 aromatic carbocycles. The van der Waals surface area contributed by atoms with Crippen molar-refractivity contribution in [3.63, 3.8) is 0 Å². The van der Waals surface area contributed by atoms with E-state index in [2.05, 4.69) is 27.8 Å². The van der Waals surface area contributed by atoms with Crippen LogP contribution < -0.4 is 4.74 Å². The van der Waals surface area contributed by atoms with Crippen LogP contribution in [-0.2, 0) is 0 Å². The first kappa shape index (κ1) is 15.8. The Bertz CT molecular complexity index is 429. The molecule has 1 fully saturated rings. The van der Waals surface area contributed by atoms with Crippen LogP contribution in [0.4, 0.5) is 0 Å². The lowest BCUT2D eigenvalue weighted by atomic mass is 9.96. The molecule has 0 amide bonds. The van der Waals surface area contributed by atoms with E-state index in [9.17, 15) is 10.2 Å². The van der Waals surface area contributed by atoms with Crippen LogP contribution in [-0.4, -0.2) is 53.6 Å². The Morgan fingerprint density at radius 1 is 1.50 bits per heavy atom. The number of rotatable bonds is 5. The van der Waals surface area contributed by atoms with E-state index in [0.717, 1.165) is 23.2 Å². The standard InChI is InChI=1S/C15H22BrNO3/c1-11-5-6-17(9-15(11)19)8-13(18)10-20-14-4-2-3-12(16)7-14/h2-4,7,11,13,15,18-19H,5-6,8-10H2,1H3. The molecule has 0 saturated carbocycles. The van der Waals surface area contributed by atoms with Gasteiger partial charge in [-0.2, -0.15) is 0 Å². The minimum Gasteiger partial charge on any atom is -0.491 e. The van der Waals surface area contributed by atoms with Crippen molar-refractivity contribution in [1.29, 1.82) is 0 Å². The first-order chi connectivity index (χ1) is 9.54. The van der Waals surface area contributed by atoms with Gasteiger partial charge < -0.3 is 14.9 Å². The fourth-order valence-electron chi connectivity index (χ4n) is 2.38. The van der Waals surface area contributed by atoms with Crippen LogP contribution in [0.25, 0.3) is 0 Å². The molecule has 0 aromatic heterocycles. The van der Waals surface area contributed by atoms with Crippen molar-refractivity contribution in [3.8, 4) is 5.75 Å². The Morgan fingerprint density at radius 3 is 3.00 bits per heavy atom. The highest BCUT2D eigenvalue weighted by Crippen LogP contribution is 2.19. The SMILES string of the molecule is CC1CCN(CC(O)COc2cccc(Br)c2)CC1O. The molecule has 5 heteroatoms. The fraction of sp³-hybridized carbons (Fsp3) is 0.600. The summed E-state index contributed by atoms with van der Waals surface area (Å²) in [6.45, 7) is 4.42. The van der Waals surface area contributed by atoms with Gasteiger partial charge in [-0.15, -0.1) is 0 Å². The van der Waals surface area contributed by atoms with Gasteiger partial charge in [0, 0.05) is 17.6 Å². The third-order valence-electron chi connectivity index (χ3n) is 3.71. The first-order valence-electron chi connectivity index (χ1n) is 7.01. The highest BCUT2D eigenvalue weighted by atomic mass is 79.9. The fourth-order valence-corrected chi connectivity index (χ4v) is 2.76. The predicted molar refractivity (Wildman–Crippen MR) is 81.9 cm³/mol. The van der Waals surface area contributed by atoms with E-state index in [0.29, 0.717) is 19.0 Å². The number of benzene rings is 1. The molecular weight excluding hydrogens is 322 g/mol. The summed E-state index contributed by atoms with van der Waals surface area (Å²) in [4.78, 5) is 2.10. The second kappa shape index (κ2) is 7.41. The van der Waals surface area contributed by atoms with E-state index >= 15 is 0 Å². The maximum absolute atomic E-state index is 10.0. The van der Waals surface area contributed by atoms with Gasteiger partial charge in [0.05, 0.1) is 6.10 Å². The van der Waals surface area contributed by atoms with Crippen LogP contribution in [0.2, 0.25) is 0 Å². The molecule has 1 saturated heterocycles. The molecule has 2 N–H and O–H groups in total. The maximum atomic E-state index is 10.0. The first-order valence-corrected chi connectivity index (χ1v) is 7.80. The number of hydrogen-bond acceptors (Lipinski definition) is 4. The molecule has 112 valence electrons. The third-order valence-corrected chi connectivity index (χ3v) is 4.20. The lowest BCUT2D eigenvalue weighted by Crippen LogP contribution is -2.46. The van der Waals surface area contributed by atoms with Crippen molar-refractivity contribution < 1.29 is 14.9 Å². The van der Waals surface area contributed by atoms with Gasteiger partial charge in [0.2, 0.25) is 0 Å². The number of β-amino-alcohol motifs (C(OH)–C–C–N with tert-alkyl or cyclic N) is 2. The quantitative estimate of drug-likeness (QED) is 0.857. The van der Waals surface area contributed by atoms with E-state index in [-0.39, 0.29) is 12.7 Å². The number of halogens is 1. The Kier molecular flexibility index (Phi) is 5.84. The molecule has 1 heterocycles. The lowest BCUT2D eigenvalue weighted by molar-refractivity contribution is 0.000137. The summed E-state index contributed by atoms with van der Waals surface area (Å²) in [6, 6.07) is 7.57. The molecule has 3 atom stereocenters. The maximum Gasteiger partial charge on any atom is 0.120 e. The number of hydrogen-bond donors (Lipinski definition) is 2. The van der Waals surface area contributed by atoms with Crippen molar-refractivity contribution >= 4 is 15.9 Å². The van der Waals surface area contributed by atoms with Crippen molar-refractivity contribution in [1.82, 2.24) is 4.90 Å². The molecule has 2 rings (SSSR count). The van der Waals surface area contributed by atoms with Crippen LogP contribution in [0.1, 0.15) is 13.3 Å². The van der Waals surface area contributed by atoms with Gasteiger partial charge in [-0.25, -0.2) is 0 Å². The van der Waals surface area contributed by atoms with Crippen LogP contribution in [0.5, 0.6) is 5.75 Å². The summed E-state index contributed by atoms with van der Waals surface area (Å²) in [5, 5.41) is 19.9. The number of aliphatic hydroxyl groups is 2. The molecule has 0 bridgehead atoms. The topological polar surface area (TPSA) is 52.9 Å². The van der Waals surface area contributed by atoms with Crippen LogP contribution in [0.3, 0.4) is 0 Å². The van der Waals surface area contributed by atoms with Gasteiger partial charge in [-0.05, 0) is 37.1 Å². The summed E-state index contributed by atoms with van der Waals surface area (Å²) >= 11 is 3.38. The highest BCUT2D eigenvalue weighted by Gasteiger charge is 2.25. The average molecular weight is 344 g/mol. The summed E-state index contributed by atoms with van der Waals surface area (Å²) < 4.78 is 6.53. The largest absolute Gasteiger partial charge is 0.491 e. The monoisotopic (exact) mass is 343 g/mol. The number of likely N-dealkylation sites (tertiary alicyclic amines) is 1. The lowest BCUT2D eigenvalue weighted by Gasteiger charge is -2.35. The molecule has 4 nitrogen and oxygen atoms in total. The summed E-state index contributed by atoms with van der Waals surface area (Å²) in [5.74, 6) is 1.09. The van der Waals surface area contributed by atoms with Gasteiger partial charge in [-0.3, -0.25) is 4.90 Å². The molecule has 1 aromatic rings. The Balaban J connectivity index is 1.74. The zero-order chi connectivity index (χ0) is 14.5. The summed E-state index contributed by atoms with van der Waals surface area (Å²) in [5.41, 5.74) is 0. The molecule has 0 aliphatic carbocycles. The third kappa shape index (κ3) is 4.74.